The van der Waals surface area contributed by atoms with Gasteiger partial charge in [0.2, 0.25) is 0 Å². The van der Waals surface area contributed by atoms with Gasteiger partial charge in [-0.2, -0.15) is 0 Å². The Balaban J connectivity index is 2.78. The van der Waals surface area contributed by atoms with Crippen molar-refractivity contribution in [2.45, 2.75) is 33.1 Å². The zero-order chi connectivity index (χ0) is 15.9. The molecule has 2 rings (SSSR count). The molecule has 0 saturated carbocycles. The third-order valence-corrected chi connectivity index (χ3v) is 3.51. The van der Waals surface area contributed by atoms with Crippen molar-refractivity contribution in [2.75, 3.05) is 0 Å². The van der Waals surface area contributed by atoms with Crippen LogP contribution in [0.3, 0.4) is 0 Å². The average molecular weight is 355 g/mol. The molecule has 1 heterocycles. The summed E-state index contributed by atoms with van der Waals surface area (Å²) in [6.45, 7) is 6.90. The number of carbonyl (C=O) groups excluding carboxylic acids is 1. The average Bonchev–Trinajstić information content (AvgIpc) is 2.67. The summed E-state index contributed by atoms with van der Waals surface area (Å²) in [5.74, 6) is -0.906. The van der Waals surface area contributed by atoms with Crippen LogP contribution in [0.15, 0.2) is 21.0 Å². The van der Waals surface area contributed by atoms with E-state index in [9.17, 15) is 14.7 Å². The number of carboxylic acids is 1. The lowest BCUT2D eigenvalue weighted by Gasteiger charge is -2.15. The van der Waals surface area contributed by atoms with Gasteiger partial charge < -0.3 is 14.3 Å². The van der Waals surface area contributed by atoms with Crippen molar-refractivity contribution >= 4 is 38.8 Å². The van der Waals surface area contributed by atoms with Crippen molar-refractivity contribution in [2.24, 2.45) is 0 Å². The summed E-state index contributed by atoms with van der Waals surface area (Å²) in [5.41, 5.74) is 0.0689. The summed E-state index contributed by atoms with van der Waals surface area (Å²) >= 11 is 3.28. The molecule has 0 saturated heterocycles. The van der Waals surface area contributed by atoms with Gasteiger partial charge in [-0.05, 0) is 28.1 Å². The number of hydrogen-bond donors (Lipinski definition) is 1. The van der Waals surface area contributed by atoms with Crippen LogP contribution in [0.2, 0.25) is 0 Å². The van der Waals surface area contributed by atoms with Crippen LogP contribution in [-0.2, 0) is 10.2 Å². The molecule has 1 aromatic heterocycles. The predicted molar refractivity (Wildman–Crippen MR) is 80.9 cm³/mol. The first-order valence-electron chi connectivity index (χ1n) is 6.29. The number of hydrogen-bond acceptors (Lipinski definition) is 4. The minimum atomic E-state index is -1.07. The second kappa shape index (κ2) is 5.18. The van der Waals surface area contributed by atoms with Gasteiger partial charge in [0.1, 0.15) is 22.7 Å². The van der Waals surface area contributed by atoms with Crippen LogP contribution in [0.25, 0.3) is 11.0 Å². The first-order chi connectivity index (χ1) is 9.61. The van der Waals surface area contributed by atoms with Gasteiger partial charge in [0, 0.05) is 17.7 Å². The smallest absolute Gasteiger partial charge is 0.339 e. The second-order valence-corrected chi connectivity index (χ2v) is 6.59. The van der Waals surface area contributed by atoms with E-state index in [0.29, 0.717) is 21.2 Å². The molecule has 0 unspecified atom stereocenters. The Hall–Kier alpha value is -1.82. The summed E-state index contributed by atoms with van der Waals surface area (Å²) in [6.07, 6.45) is 0. The molecular formula is C15H15BrO5. The van der Waals surface area contributed by atoms with Gasteiger partial charge in [0.15, 0.2) is 0 Å². The molecule has 0 amide bonds. The van der Waals surface area contributed by atoms with E-state index in [1.165, 1.54) is 13.0 Å². The Bertz CT molecular complexity index is 737. The van der Waals surface area contributed by atoms with E-state index in [4.69, 9.17) is 9.15 Å². The molecule has 0 aliphatic rings. The molecule has 0 aliphatic heterocycles. The molecule has 2 aromatic rings. The Kier molecular flexibility index (Phi) is 3.84. The lowest BCUT2D eigenvalue weighted by molar-refractivity contribution is -0.131. The minimum Gasteiger partial charge on any atom is -0.478 e. The van der Waals surface area contributed by atoms with Crippen LogP contribution in [0.5, 0.6) is 5.75 Å². The fraction of sp³-hybridized carbons (Fsp3) is 0.333. The van der Waals surface area contributed by atoms with Crippen molar-refractivity contribution in [3.63, 3.8) is 0 Å². The number of esters is 1. The van der Waals surface area contributed by atoms with Crippen LogP contribution in [0.4, 0.5) is 0 Å². The highest BCUT2D eigenvalue weighted by atomic mass is 79.9. The summed E-state index contributed by atoms with van der Waals surface area (Å²) in [7, 11) is 0. The standard InChI is InChI=1S/C15H15BrO5/c1-7(17)20-11-5-8-10(6-9(11)16)21-13(15(2,3)4)12(8)14(18)19/h5-6H,1-4H3,(H,18,19). The molecule has 0 spiro atoms. The number of fused-ring (bicyclic) bond motifs is 1. The third kappa shape index (κ3) is 2.95. The summed E-state index contributed by atoms with van der Waals surface area (Å²) in [6, 6.07) is 3.11. The number of ether oxygens (including phenoxy) is 1. The molecular weight excluding hydrogens is 340 g/mol. The van der Waals surface area contributed by atoms with E-state index >= 15 is 0 Å². The summed E-state index contributed by atoms with van der Waals surface area (Å²) in [4.78, 5) is 22.7. The Labute approximate surface area is 130 Å². The van der Waals surface area contributed by atoms with E-state index in [0.717, 1.165) is 0 Å². The van der Waals surface area contributed by atoms with Crippen LogP contribution >= 0.6 is 15.9 Å². The highest BCUT2D eigenvalue weighted by Gasteiger charge is 2.29. The molecule has 112 valence electrons. The highest BCUT2D eigenvalue weighted by molar-refractivity contribution is 9.10. The lowest BCUT2D eigenvalue weighted by Crippen LogP contribution is -2.14. The first-order valence-corrected chi connectivity index (χ1v) is 7.09. The van der Waals surface area contributed by atoms with Gasteiger partial charge in [0.05, 0.1) is 4.47 Å². The predicted octanol–water partition coefficient (Wildman–Crippen LogP) is 4.12. The number of rotatable bonds is 2. The molecule has 6 heteroatoms. The SMILES string of the molecule is CC(=O)Oc1cc2c(C(=O)O)c(C(C)(C)C)oc2cc1Br. The maximum atomic E-state index is 11.6. The quantitative estimate of drug-likeness (QED) is 0.648. The van der Waals surface area contributed by atoms with E-state index in [1.54, 1.807) is 6.07 Å². The molecule has 5 nitrogen and oxygen atoms in total. The van der Waals surface area contributed by atoms with Crippen molar-refractivity contribution < 1.29 is 23.8 Å². The summed E-state index contributed by atoms with van der Waals surface area (Å²) in [5, 5.41) is 9.89. The molecule has 1 N–H and O–H groups in total. The number of aromatic carboxylic acids is 1. The molecule has 0 atom stereocenters. The maximum Gasteiger partial charge on any atom is 0.339 e. The van der Waals surface area contributed by atoms with Gasteiger partial charge in [0.25, 0.3) is 0 Å². The molecule has 1 aromatic carbocycles. The van der Waals surface area contributed by atoms with Crippen molar-refractivity contribution in [3.8, 4) is 5.75 Å². The van der Waals surface area contributed by atoms with E-state index < -0.39 is 17.4 Å². The second-order valence-electron chi connectivity index (χ2n) is 5.73. The summed E-state index contributed by atoms with van der Waals surface area (Å²) < 4.78 is 11.3. The number of carboxylic acid groups (broad SMARTS) is 1. The van der Waals surface area contributed by atoms with Crippen LogP contribution < -0.4 is 4.74 Å². The Morgan fingerprint density at radius 3 is 2.38 bits per heavy atom. The zero-order valence-corrected chi connectivity index (χ0v) is 13.7. The largest absolute Gasteiger partial charge is 0.478 e. The third-order valence-electron chi connectivity index (χ3n) is 2.89. The minimum absolute atomic E-state index is 0.0957. The van der Waals surface area contributed by atoms with E-state index in [2.05, 4.69) is 15.9 Å². The number of halogens is 1. The van der Waals surface area contributed by atoms with Gasteiger partial charge in [-0.1, -0.05) is 20.8 Å². The number of furan rings is 1. The first kappa shape index (κ1) is 15.6. The Morgan fingerprint density at radius 2 is 1.90 bits per heavy atom. The maximum absolute atomic E-state index is 11.6. The van der Waals surface area contributed by atoms with Crippen LogP contribution in [0, 0.1) is 0 Å². The number of benzene rings is 1. The van der Waals surface area contributed by atoms with E-state index in [-0.39, 0.29) is 11.3 Å². The Morgan fingerprint density at radius 1 is 1.29 bits per heavy atom. The highest BCUT2D eigenvalue weighted by Crippen LogP contribution is 2.39. The fourth-order valence-electron chi connectivity index (χ4n) is 2.07. The molecule has 0 radical (unpaired) electrons. The molecule has 0 aliphatic carbocycles. The van der Waals surface area contributed by atoms with Crippen molar-refractivity contribution in [1.29, 1.82) is 0 Å². The van der Waals surface area contributed by atoms with Gasteiger partial charge in [-0.25, -0.2) is 4.79 Å². The van der Waals surface area contributed by atoms with Gasteiger partial charge in [-0.3, -0.25) is 4.79 Å². The van der Waals surface area contributed by atoms with Gasteiger partial charge >= 0.3 is 11.9 Å². The molecule has 0 fully saturated rings. The fourth-order valence-corrected chi connectivity index (χ4v) is 2.48. The zero-order valence-electron chi connectivity index (χ0n) is 12.1. The molecule has 0 bridgehead atoms. The topological polar surface area (TPSA) is 76.7 Å². The van der Waals surface area contributed by atoms with E-state index in [1.807, 2.05) is 20.8 Å². The van der Waals surface area contributed by atoms with Crippen LogP contribution in [-0.4, -0.2) is 17.0 Å². The number of carbonyl (C=O) groups is 2. The lowest BCUT2D eigenvalue weighted by atomic mass is 9.89. The normalized spacial score (nSPS) is 11.7. The van der Waals surface area contributed by atoms with Gasteiger partial charge in [-0.15, -0.1) is 0 Å². The van der Waals surface area contributed by atoms with Crippen LogP contribution in [0.1, 0.15) is 43.8 Å². The molecule has 21 heavy (non-hydrogen) atoms. The van der Waals surface area contributed by atoms with Crippen molar-refractivity contribution in [3.05, 3.63) is 27.9 Å². The monoisotopic (exact) mass is 354 g/mol. The van der Waals surface area contributed by atoms with Crippen molar-refractivity contribution in [1.82, 2.24) is 0 Å².